The predicted molar refractivity (Wildman–Crippen MR) is 163 cm³/mol. The van der Waals surface area contributed by atoms with E-state index < -0.39 is 11.9 Å². The minimum absolute atomic E-state index is 0.0121. The van der Waals surface area contributed by atoms with Crippen LogP contribution in [0.1, 0.15) is 82.2 Å². The Labute approximate surface area is 251 Å². The molecule has 9 nitrogen and oxygen atoms in total. The van der Waals surface area contributed by atoms with Crippen LogP contribution in [0.2, 0.25) is 0 Å². The second kappa shape index (κ2) is 13.8. The number of aromatic nitrogens is 1. The molecule has 1 aromatic heterocycles. The van der Waals surface area contributed by atoms with E-state index in [0.29, 0.717) is 35.7 Å². The van der Waals surface area contributed by atoms with E-state index in [1.165, 1.54) is 11.0 Å². The Bertz CT molecular complexity index is 1540. The number of benzene rings is 3. The molecular formula is C34H37N3O6. The number of carbonyl (C=O) groups is 3. The second-order valence-electron chi connectivity index (χ2n) is 11.1. The molecule has 0 bridgehead atoms. The van der Waals surface area contributed by atoms with Crippen LogP contribution in [-0.2, 0) is 23.2 Å². The number of hydrogen-bond acceptors (Lipinski definition) is 7. The molecule has 9 heteroatoms. The van der Waals surface area contributed by atoms with Crippen LogP contribution in [0.4, 0.5) is 5.69 Å². The lowest BCUT2D eigenvalue weighted by Gasteiger charge is -2.23. The molecule has 4 rings (SSSR count). The molecule has 0 atom stereocenters. The van der Waals surface area contributed by atoms with Gasteiger partial charge in [0.05, 0.1) is 25.8 Å². The third-order valence-electron chi connectivity index (χ3n) is 6.81. The molecule has 0 aliphatic carbocycles. The van der Waals surface area contributed by atoms with Crippen LogP contribution >= 0.6 is 0 Å². The largest absolute Gasteiger partial charge is 0.497 e. The molecule has 43 heavy (non-hydrogen) atoms. The monoisotopic (exact) mass is 583 g/mol. The number of rotatable bonds is 11. The standard InChI is InChI=1S/C34H37N3O6/c1-6-19-42-33(40)25-11-15-27(16-12-25)37(32(39)24-9-13-26(14-10-24)34(2,3)4)22-29-20-30(36-43-29)31(38)35-21-23-7-17-28(41-5)18-8-23/h7-18,20H,6,19,21-22H2,1-5H3,(H,35,38). The van der Waals surface area contributed by atoms with Crippen LogP contribution in [0.25, 0.3) is 0 Å². The Morgan fingerprint density at radius 1 is 0.907 bits per heavy atom. The van der Waals surface area contributed by atoms with Crippen molar-refractivity contribution in [2.24, 2.45) is 0 Å². The maximum absolute atomic E-state index is 13.8. The summed E-state index contributed by atoms with van der Waals surface area (Å²) in [5.41, 5.74) is 3.44. The minimum atomic E-state index is -0.426. The normalized spacial score (nSPS) is 11.1. The molecule has 3 aromatic carbocycles. The molecule has 0 saturated heterocycles. The maximum atomic E-state index is 13.8. The number of nitrogens with one attached hydrogen (secondary N) is 1. The van der Waals surface area contributed by atoms with E-state index in [4.69, 9.17) is 14.0 Å². The number of amides is 2. The zero-order valence-corrected chi connectivity index (χ0v) is 25.2. The summed E-state index contributed by atoms with van der Waals surface area (Å²) in [5.74, 6) is -0.0584. The fraction of sp³-hybridized carbons (Fsp3) is 0.294. The van der Waals surface area contributed by atoms with E-state index in [-0.39, 0.29) is 23.6 Å². The third-order valence-corrected chi connectivity index (χ3v) is 6.81. The highest BCUT2D eigenvalue weighted by Crippen LogP contribution is 2.25. The number of esters is 1. The van der Waals surface area contributed by atoms with Crippen LogP contribution in [-0.4, -0.2) is 36.7 Å². The van der Waals surface area contributed by atoms with Gasteiger partial charge >= 0.3 is 5.97 Å². The highest BCUT2D eigenvalue weighted by molar-refractivity contribution is 6.06. The van der Waals surface area contributed by atoms with Gasteiger partial charge in [-0.3, -0.25) is 9.59 Å². The molecule has 0 fully saturated rings. The Kier molecular flexibility index (Phi) is 9.98. The van der Waals surface area contributed by atoms with Crippen LogP contribution in [0, 0.1) is 0 Å². The Morgan fingerprint density at radius 2 is 1.56 bits per heavy atom. The molecule has 1 N–H and O–H groups in total. The lowest BCUT2D eigenvalue weighted by molar-refractivity contribution is 0.0505. The number of methoxy groups -OCH3 is 1. The van der Waals surface area contributed by atoms with Crippen LogP contribution < -0.4 is 15.0 Å². The summed E-state index contributed by atoms with van der Waals surface area (Å²) in [6.45, 7) is 8.89. The van der Waals surface area contributed by atoms with E-state index in [0.717, 1.165) is 23.3 Å². The highest BCUT2D eigenvalue weighted by Gasteiger charge is 2.23. The van der Waals surface area contributed by atoms with Crippen molar-refractivity contribution >= 4 is 23.5 Å². The molecular weight excluding hydrogens is 546 g/mol. The third kappa shape index (κ3) is 8.09. The molecule has 1 heterocycles. The summed E-state index contributed by atoms with van der Waals surface area (Å²) in [6.07, 6.45) is 0.721. The second-order valence-corrected chi connectivity index (χ2v) is 11.1. The Morgan fingerprint density at radius 3 is 2.16 bits per heavy atom. The van der Waals surface area contributed by atoms with Gasteiger partial charge in [0.1, 0.15) is 5.75 Å². The first-order valence-electron chi connectivity index (χ1n) is 14.2. The maximum Gasteiger partial charge on any atom is 0.338 e. The topological polar surface area (TPSA) is 111 Å². The molecule has 0 aliphatic rings. The van der Waals surface area contributed by atoms with Crippen molar-refractivity contribution in [3.63, 3.8) is 0 Å². The van der Waals surface area contributed by atoms with Gasteiger partial charge in [0.25, 0.3) is 11.8 Å². The van der Waals surface area contributed by atoms with Crippen LogP contribution in [0.5, 0.6) is 5.75 Å². The van der Waals surface area contributed by atoms with Crippen molar-refractivity contribution in [2.75, 3.05) is 18.6 Å². The Balaban J connectivity index is 1.54. The molecule has 0 aliphatic heterocycles. The quantitative estimate of drug-likeness (QED) is 0.206. The van der Waals surface area contributed by atoms with Crippen molar-refractivity contribution in [2.45, 2.75) is 52.6 Å². The number of nitrogens with zero attached hydrogens (tertiary/aromatic N) is 2. The summed E-state index contributed by atoms with van der Waals surface area (Å²) < 4.78 is 15.9. The van der Waals surface area contributed by atoms with Crippen LogP contribution in [0.15, 0.2) is 83.4 Å². The molecule has 0 radical (unpaired) electrons. The van der Waals surface area contributed by atoms with Gasteiger partial charge in [-0.25, -0.2) is 4.79 Å². The first-order chi connectivity index (χ1) is 20.6. The Hall–Kier alpha value is -4.92. The smallest absolute Gasteiger partial charge is 0.338 e. The number of ether oxygens (including phenoxy) is 2. The van der Waals surface area contributed by atoms with E-state index in [2.05, 4.69) is 31.2 Å². The van der Waals surface area contributed by atoms with Crippen LogP contribution in [0.3, 0.4) is 0 Å². The van der Waals surface area contributed by atoms with Gasteiger partial charge in [0.2, 0.25) is 0 Å². The number of hydrogen-bond donors (Lipinski definition) is 1. The fourth-order valence-corrected chi connectivity index (χ4v) is 4.27. The van der Waals surface area contributed by atoms with Gasteiger partial charge in [-0.15, -0.1) is 0 Å². The van der Waals surface area contributed by atoms with Gasteiger partial charge < -0.3 is 24.2 Å². The SMILES string of the molecule is CCCOC(=O)c1ccc(N(Cc2cc(C(=O)NCc3ccc(OC)cc3)no2)C(=O)c2ccc(C(C)(C)C)cc2)cc1. The van der Waals surface area contributed by atoms with E-state index in [9.17, 15) is 14.4 Å². The number of anilines is 1. The number of carbonyl (C=O) groups excluding carboxylic acids is 3. The van der Waals surface area contributed by atoms with Gasteiger partial charge in [0, 0.05) is 23.9 Å². The van der Waals surface area contributed by atoms with Crippen molar-refractivity contribution in [1.82, 2.24) is 10.5 Å². The summed E-state index contributed by atoms with van der Waals surface area (Å²) in [6, 6.07) is 23.0. The average molecular weight is 584 g/mol. The molecule has 224 valence electrons. The van der Waals surface area contributed by atoms with Crippen molar-refractivity contribution in [3.05, 3.63) is 113 Å². The summed E-state index contributed by atoms with van der Waals surface area (Å²) in [4.78, 5) is 40.4. The van der Waals surface area contributed by atoms with Gasteiger partial charge in [-0.2, -0.15) is 0 Å². The first-order valence-corrected chi connectivity index (χ1v) is 14.2. The summed E-state index contributed by atoms with van der Waals surface area (Å²) in [5, 5.41) is 6.75. The highest BCUT2D eigenvalue weighted by atomic mass is 16.5. The minimum Gasteiger partial charge on any atom is -0.497 e. The molecule has 0 spiro atoms. The molecule has 0 unspecified atom stereocenters. The van der Waals surface area contributed by atoms with E-state index in [1.807, 2.05) is 43.3 Å². The van der Waals surface area contributed by atoms with Crippen molar-refractivity contribution < 1.29 is 28.4 Å². The van der Waals surface area contributed by atoms with Gasteiger partial charge in [-0.1, -0.05) is 57.1 Å². The lowest BCUT2D eigenvalue weighted by Crippen LogP contribution is -2.30. The molecule has 4 aromatic rings. The first kappa shape index (κ1) is 31.0. The van der Waals surface area contributed by atoms with Crippen molar-refractivity contribution in [1.29, 1.82) is 0 Å². The predicted octanol–water partition coefficient (Wildman–Crippen LogP) is 6.32. The zero-order valence-electron chi connectivity index (χ0n) is 25.2. The van der Waals surface area contributed by atoms with E-state index in [1.54, 1.807) is 43.5 Å². The van der Waals surface area contributed by atoms with Gasteiger partial charge in [-0.05, 0) is 71.5 Å². The fourth-order valence-electron chi connectivity index (χ4n) is 4.27. The average Bonchev–Trinajstić information content (AvgIpc) is 3.50. The zero-order chi connectivity index (χ0) is 31.0. The molecule has 2 amide bonds. The van der Waals surface area contributed by atoms with Gasteiger partial charge in [0.15, 0.2) is 11.5 Å². The van der Waals surface area contributed by atoms with E-state index >= 15 is 0 Å². The van der Waals surface area contributed by atoms with Crippen molar-refractivity contribution in [3.8, 4) is 5.75 Å². The summed E-state index contributed by atoms with van der Waals surface area (Å²) >= 11 is 0. The summed E-state index contributed by atoms with van der Waals surface area (Å²) in [7, 11) is 1.59. The lowest BCUT2D eigenvalue weighted by atomic mass is 9.86. The molecule has 0 saturated carbocycles.